The Morgan fingerprint density at radius 1 is 1.21 bits per heavy atom. The van der Waals surface area contributed by atoms with Crippen molar-refractivity contribution in [2.75, 3.05) is 59.6 Å². The molecule has 8 nitrogen and oxygen atoms in total. The van der Waals surface area contributed by atoms with Gasteiger partial charge in [-0.05, 0) is 0 Å². The molecule has 1 rings (SSSR count). The predicted molar refractivity (Wildman–Crippen MR) is 67.9 cm³/mol. The summed E-state index contributed by atoms with van der Waals surface area (Å²) in [7, 11) is -2.98. The van der Waals surface area contributed by atoms with Gasteiger partial charge in [0.05, 0.1) is 26.4 Å². The fraction of sp³-hybridized carbons (Fsp3) is 1.00. The fourth-order valence-corrected chi connectivity index (χ4v) is 2.32. The Kier molecular flexibility index (Phi) is 7.15. The molecule has 0 saturated carbocycles. The molecule has 1 aliphatic heterocycles. The Hall–Kier alpha value is -0.290. The van der Waals surface area contributed by atoms with E-state index in [9.17, 15) is 13.5 Å². The zero-order chi connectivity index (χ0) is 14.3. The Labute approximate surface area is 113 Å². The molecule has 1 saturated heterocycles. The van der Waals surface area contributed by atoms with Crippen molar-refractivity contribution in [3.8, 4) is 0 Å². The van der Waals surface area contributed by atoms with Crippen LogP contribution in [-0.2, 0) is 18.8 Å². The van der Waals surface area contributed by atoms with E-state index in [0.717, 1.165) is 33.3 Å². The van der Waals surface area contributed by atoms with Crippen molar-refractivity contribution in [3.63, 3.8) is 0 Å². The van der Waals surface area contributed by atoms with Crippen LogP contribution in [-0.4, -0.2) is 94.1 Å². The van der Waals surface area contributed by atoms with Crippen molar-refractivity contribution >= 4 is 10.4 Å². The van der Waals surface area contributed by atoms with Gasteiger partial charge in [-0.15, -0.1) is 0 Å². The molecule has 9 heteroatoms. The number of piperazine rings is 1. The van der Waals surface area contributed by atoms with Crippen LogP contribution in [0.2, 0.25) is 0 Å². The van der Waals surface area contributed by atoms with Gasteiger partial charge >= 0.3 is 10.4 Å². The lowest BCUT2D eigenvalue weighted by Crippen LogP contribution is -2.49. The highest BCUT2D eigenvalue weighted by molar-refractivity contribution is 7.81. The molecule has 0 spiro atoms. The Bertz CT molecular complexity index is 342. The van der Waals surface area contributed by atoms with Crippen LogP contribution in [0.3, 0.4) is 0 Å². The maximum absolute atomic E-state index is 10.9. The molecule has 1 unspecified atom stereocenters. The lowest BCUT2D eigenvalue weighted by Gasteiger charge is -2.35. The molecule has 1 atom stereocenters. The number of hydrogen-bond acceptors (Lipinski definition) is 8. The van der Waals surface area contributed by atoms with Crippen molar-refractivity contribution in [3.05, 3.63) is 0 Å². The second-order valence-electron chi connectivity index (χ2n) is 4.38. The van der Waals surface area contributed by atoms with Gasteiger partial charge in [0.2, 0.25) is 0 Å². The second kappa shape index (κ2) is 8.10. The van der Waals surface area contributed by atoms with E-state index in [1.54, 1.807) is 0 Å². The van der Waals surface area contributed by atoms with Crippen molar-refractivity contribution in [2.45, 2.75) is 6.10 Å². The molecular formula is C10H22N2O6S. The van der Waals surface area contributed by atoms with E-state index < -0.39 is 16.5 Å². The molecule has 0 amide bonds. The van der Waals surface area contributed by atoms with E-state index in [1.807, 2.05) is 4.90 Å². The van der Waals surface area contributed by atoms with Crippen LogP contribution in [0.4, 0.5) is 0 Å². The molecule has 0 radical (unpaired) electrons. The van der Waals surface area contributed by atoms with Crippen LogP contribution in [0, 0.1) is 0 Å². The number of rotatable bonds is 8. The summed E-state index contributed by atoms with van der Waals surface area (Å²) < 4.78 is 30.4. The van der Waals surface area contributed by atoms with Gasteiger partial charge in [0, 0.05) is 39.3 Å². The van der Waals surface area contributed by atoms with Gasteiger partial charge in [0.25, 0.3) is 0 Å². The van der Waals surface area contributed by atoms with Gasteiger partial charge in [-0.1, -0.05) is 0 Å². The topological polar surface area (TPSA) is 99.5 Å². The van der Waals surface area contributed by atoms with Crippen molar-refractivity contribution in [1.82, 2.24) is 9.80 Å². The molecule has 0 aromatic carbocycles. The third kappa shape index (κ3) is 6.61. The Morgan fingerprint density at radius 2 is 1.79 bits per heavy atom. The number of nitrogens with zero attached hydrogens (tertiary/aromatic N) is 2. The minimum atomic E-state index is -3.99. The summed E-state index contributed by atoms with van der Waals surface area (Å²) in [6, 6.07) is 0. The van der Waals surface area contributed by atoms with Crippen molar-refractivity contribution in [2.24, 2.45) is 0 Å². The summed E-state index contributed by atoms with van der Waals surface area (Å²) in [5, 5.41) is 18.5. The molecule has 0 bridgehead atoms. The van der Waals surface area contributed by atoms with Crippen LogP contribution in [0.15, 0.2) is 0 Å². The number of hydrogen-bond donors (Lipinski definition) is 2. The van der Waals surface area contributed by atoms with E-state index in [2.05, 4.69) is 13.3 Å². The van der Waals surface area contributed by atoms with E-state index in [4.69, 9.17) is 5.11 Å². The van der Waals surface area contributed by atoms with Crippen LogP contribution >= 0.6 is 0 Å². The molecule has 0 aliphatic carbocycles. The SMILES string of the molecule is COS(=O)(=O)OCC(O)CN1CCN(CCO)CC1. The summed E-state index contributed by atoms with van der Waals surface area (Å²) in [4.78, 5) is 4.16. The summed E-state index contributed by atoms with van der Waals surface area (Å²) in [6.07, 6.45) is -0.880. The smallest absolute Gasteiger partial charge is 0.395 e. The maximum Gasteiger partial charge on any atom is 0.399 e. The Morgan fingerprint density at radius 3 is 2.32 bits per heavy atom. The first-order chi connectivity index (χ1) is 8.96. The van der Waals surface area contributed by atoms with Gasteiger partial charge in [-0.3, -0.25) is 14.0 Å². The van der Waals surface area contributed by atoms with Crippen LogP contribution < -0.4 is 0 Å². The quantitative estimate of drug-likeness (QED) is 0.524. The molecule has 1 fully saturated rings. The summed E-state index contributed by atoms with van der Waals surface area (Å²) >= 11 is 0. The molecule has 0 aromatic rings. The summed E-state index contributed by atoms with van der Waals surface area (Å²) in [6.45, 7) is 4.04. The highest BCUT2D eigenvalue weighted by Crippen LogP contribution is 2.03. The number of aliphatic hydroxyl groups excluding tert-OH is 2. The zero-order valence-corrected chi connectivity index (χ0v) is 11.9. The Balaban J connectivity index is 2.21. The van der Waals surface area contributed by atoms with Gasteiger partial charge in [0.1, 0.15) is 0 Å². The van der Waals surface area contributed by atoms with Gasteiger partial charge in [-0.25, -0.2) is 4.18 Å². The van der Waals surface area contributed by atoms with E-state index >= 15 is 0 Å². The molecule has 19 heavy (non-hydrogen) atoms. The normalized spacial score (nSPS) is 20.6. The molecule has 0 aromatic heterocycles. The highest BCUT2D eigenvalue weighted by Gasteiger charge is 2.20. The average molecular weight is 298 g/mol. The highest BCUT2D eigenvalue weighted by atomic mass is 32.3. The van der Waals surface area contributed by atoms with E-state index in [1.165, 1.54) is 0 Å². The first-order valence-corrected chi connectivity index (χ1v) is 7.49. The third-order valence-corrected chi connectivity index (χ3v) is 3.79. The fourth-order valence-electron chi connectivity index (χ4n) is 1.90. The largest absolute Gasteiger partial charge is 0.399 e. The van der Waals surface area contributed by atoms with Crippen LogP contribution in [0.25, 0.3) is 0 Å². The predicted octanol–water partition coefficient (Wildman–Crippen LogP) is -2.13. The average Bonchev–Trinajstić information content (AvgIpc) is 2.39. The minimum Gasteiger partial charge on any atom is -0.395 e. The molecule has 1 heterocycles. The number of β-amino-alcohol motifs (C(OH)–C–C–N with tert-alkyl or cyclic N) is 2. The van der Waals surface area contributed by atoms with Gasteiger partial charge < -0.3 is 10.2 Å². The van der Waals surface area contributed by atoms with Gasteiger partial charge in [-0.2, -0.15) is 8.42 Å². The lowest BCUT2D eigenvalue weighted by atomic mass is 10.2. The van der Waals surface area contributed by atoms with E-state index in [-0.39, 0.29) is 13.2 Å². The molecule has 114 valence electrons. The first kappa shape index (κ1) is 16.8. The second-order valence-corrected chi connectivity index (χ2v) is 5.76. The first-order valence-electron chi connectivity index (χ1n) is 6.15. The molecule has 2 N–H and O–H groups in total. The standard InChI is InChI=1S/C10H22N2O6S/c1-17-19(15,16)18-9-10(14)8-12-4-2-11(3-5-12)6-7-13/h10,13-14H,2-9H2,1H3. The molecular weight excluding hydrogens is 276 g/mol. The van der Waals surface area contributed by atoms with Crippen molar-refractivity contribution in [1.29, 1.82) is 0 Å². The zero-order valence-electron chi connectivity index (χ0n) is 11.1. The maximum atomic E-state index is 10.9. The van der Waals surface area contributed by atoms with E-state index in [0.29, 0.717) is 13.1 Å². The number of aliphatic hydroxyl groups is 2. The lowest BCUT2D eigenvalue weighted by molar-refractivity contribution is 0.0407. The monoisotopic (exact) mass is 298 g/mol. The van der Waals surface area contributed by atoms with Gasteiger partial charge in [0.15, 0.2) is 0 Å². The van der Waals surface area contributed by atoms with Crippen molar-refractivity contribution < 1.29 is 27.0 Å². The molecule has 1 aliphatic rings. The van der Waals surface area contributed by atoms with Crippen LogP contribution in [0.1, 0.15) is 0 Å². The summed E-state index contributed by atoms with van der Waals surface area (Å²) in [5.41, 5.74) is 0. The minimum absolute atomic E-state index is 0.144. The third-order valence-electron chi connectivity index (χ3n) is 2.96. The van der Waals surface area contributed by atoms with Crippen LogP contribution in [0.5, 0.6) is 0 Å². The summed E-state index contributed by atoms with van der Waals surface area (Å²) in [5.74, 6) is 0.